The zero-order valence-corrected chi connectivity index (χ0v) is 15.3. The minimum atomic E-state index is -1.37. The maximum absolute atomic E-state index is 11.8. The lowest BCUT2D eigenvalue weighted by atomic mass is 9.99. The van der Waals surface area contributed by atoms with E-state index in [-0.39, 0.29) is 12.5 Å². The Kier molecular flexibility index (Phi) is 8.26. The Morgan fingerprint density at radius 1 is 1.26 bits per heavy atom. The van der Waals surface area contributed by atoms with Gasteiger partial charge in [0.05, 0.1) is 6.61 Å². The fourth-order valence-corrected chi connectivity index (χ4v) is 2.66. The number of benzene rings is 1. The fraction of sp³-hybridized carbons (Fsp3) is 0.611. The third kappa shape index (κ3) is 6.05. The first-order valence-electron chi connectivity index (χ1n) is 8.99. The molecule has 152 valence electrons. The van der Waals surface area contributed by atoms with Crippen LogP contribution >= 0.6 is 0 Å². The molecule has 0 aliphatic carbocycles. The minimum absolute atomic E-state index is 0.338. The van der Waals surface area contributed by atoms with Crippen LogP contribution in [0.5, 0.6) is 5.75 Å². The molecule has 0 bridgehead atoms. The van der Waals surface area contributed by atoms with Gasteiger partial charge in [-0.3, -0.25) is 4.79 Å². The van der Waals surface area contributed by atoms with E-state index in [1.54, 1.807) is 24.3 Å². The molecule has 0 spiro atoms. The normalized spacial score (nSPS) is 27.9. The molecule has 6 N–H and O–H groups in total. The molecule has 1 saturated heterocycles. The number of rotatable bonds is 9. The Hall–Kier alpha value is -1.91. The van der Waals surface area contributed by atoms with Gasteiger partial charge < -0.3 is 40.6 Å². The first kappa shape index (κ1) is 21.4. The Balaban J connectivity index is 1.99. The number of hydrogen-bond donors (Lipinski definition) is 5. The van der Waals surface area contributed by atoms with E-state index in [4.69, 9.17) is 19.9 Å². The predicted octanol–water partition coefficient (Wildman–Crippen LogP) is -0.612. The van der Waals surface area contributed by atoms with Gasteiger partial charge in [0.25, 0.3) is 0 Å². The van der Waals surface area contributed by atoms with Crippen LogP contribution in [0.15, 0.2) is 24.3 Å². The molecule has 1 heterocycles. The summed E-state index contributed by atoms with van der Waals surface area (Å²) in [4.78, 5) is 11.8. The maximum Gasteiger partial charge on any atom is 0.246 e. The number of carbonyl (C=O) groups excluding carboxylic acids is 1. The number of unbranched alkanes of at least 4 members (excludes halogenated alkanes) is 1. The van der Waals surface area contributed by atoms with Crippen molar-refractivity contribution >= 4 is 11.6 Å². The van der Waals surface area contributed by atoms with E-state index in [2.05, 4.69) is 5.32 Å². The summed E-state index contributed by atoms with van der Waals surface area (Å²) in [5.41, 5.74) is 6.17. The van der Waals surface area contributed by atoms with Crippen LogP contribution in [0.25, 0.3) is 0 Å². The lowest BCUT2D eigenvalue weighted by Gasteiger charge is -2.41. The number of amides is 1. The summed E-state index contributed by atoms with van der Waals surface area (Å²) in [6.45, 7) is 1.70. The second-order valence-electron chi connectivity index (χ2n) is 6.37. The second-order valence-corrected chi connectivity index (χ2v) is 6.37. The highest BCUT2D eigenvalue weighted by molar-refractivity contribution is 5.77. The number of hydrogen-bond acceptors (Lipinski definition) is 8. The zero-order valence-electron chi connectivity index (χ0n) is 15.3. The number of anilines is 1. The Morgan fingerprint density at radius 3 is 2.59 bits per heavy atom. The molecule has 1 amide bonds. The minimum Gasteiger partial charge on any atom is -0.462 e. The van der Waals surface area contributed by atoms with Crippen molar-refractivity contribution in [1.82, 2.24) is 5.32 Å². The number of nitrogen functional groups attached to an aromatic ring is 1. The van der Waals surface area contributed by atoms with Crippen molar-refractivity contribution in [2.75, 3.05) is 25.5 Å². The Labute approximate surface area is 158 Å². The SMILES string of the molecule is CCCCNC(=O)COC1C(O)C(CO)OC(Oc2ccc(N)cc2)C1O. The van der Waals surface area contributed by atoms with Crippen molar-refractivity contribution < 1.29 is 34.3 Å². The molecule has 1 aliphatic rings. The molecule has 0 saturated carbocycles. The quantitative estimate of drug-likeness (QED) is 0.280. The van der Waals surface area contributed by atoms with E-state index in [1.165, 1.54) is 0 Å². The summed E-state index contributed by atoms with van der Waals surface area (Å²) in [5, 5.41) is 32.9. The summed E-state index contributed by atoms with van der Waals surface area (Å²) in [6, 6.07) is 6.44. The third-order valence-corrected chi connectivity index (χ3v) is 4.21. The lowest BCUT2D eigenvalue weighted by Crippen LogP contribution is -2.61. The third-order valence-electron chi connectivity index (χ3n) is 4.21. The number of carbonyl (C=O) groups is 1. The average Bonchev–Trinajstić information content (AvgIpc) is 2.66. The van der Waals surface area contributed by atoms with Crippen LogP contribution < -0.4 is 15.8 Å². The number of ether oxygens (including phenoxy) is 3. The summed E-state index contributed by atoms with van der Waals surface area (Å²) in [7, 11) is 0. The van der Waals surface area contributed by atoms with Gasteiger partial charge in [0.2, 0.25) is 12.2 Å². The molecular weight excluding hydrogens is 356 g/mol. The lowest BCUT2D eigenvalue weighted by molar-refractivity contribution is -0.284. The van der Waals surface area contributed by atoms with E-state index in [0.29, 0.717) is 18.0 Å². The monoisotopic (exact) mass is 384 g/mol. The van der Waals surface area contributed by atoms with E-state index in [1.807, 2.05) is 6.92 Å². The number of nitrogens with two attached hydrogens (primary N) is 1. The van der Waals surface area contributed by atoms with Crippen LogP contribution in [0.2, 0.25) is 0 Å². The molecular formula is C18H28N2O7. The molecule has 0 aromatic heterocycles. The molecule has 1 fully saturated rings. The van der Waals surface area contributed by atoms with Gasteiger partial charge in [-0.15, -0.1) is 0 Å². The number of aliphatic hydroxyl groups is 3. The van der Waals surface area contributed by atoms with Crippen LogP contribution in [-0.4, -0.2) is 71.7 Å². The first-order valence-corrected chi connectivity index (χ1v) is 8.99. The Bertz CT molecular complexity index is 584. The van der Waals surface area contributed by atoms with Crippen LogP contribution in [0, 0.1) is 0 Å². The summed E-state index contributed by atoms with van der Waals surface area (Å²) < 4.78 is 16.4. The summed E-state index contributed by atoms with van der Waals surface area (Å²) >= 11 is 0. The molecule has 1 aromatic carbocycles. The molecule has 9 nitrogen and oxygen atoms in total. The Morgan fingerprint density at radius 2 is 1.96 bits per heavy atom. The zero-order chi connectivity index (χ0) is 19.8. The van der Waals surface area contributed by atoms with Gasteiger partial charge in [-0.2, -0.15) is 0 Å². The highest BCUT2D eigenvalue weighted by atomic mass is 16.7. The highest BCUT2D eigenvalue weighted by Gasteiger charge is 2.46. The van der Waals surface area contributed by atoms with E-state index < -0.39 is 37.3 Å². The molecule has 1 aromatic rings. The van der Waals surface area contributed by atoms with Gasteiger partial charge in [0, 0.05) is 12.2 Å². The van der Waals surface area contributed by atoms with Gasteiger partial charge in [-0.1, -0.05) is 13.3 Å². The molecule has 0 radical (unpaired) electrons. The van der Waals surface area contributed by atoms with Gasteiger partial charge >= 0.3 is 0 Å². The largest absolute Gasteiger partial charge is 0.462 e. The standard InChI is InChI=1S/C18H28N2O7/c1-2-3-8-20-14(22)10-25-17-15(23)13(9-21)27-18(16(17)24)26-12-6-4-11(19)5-7-12/h4-7,13,15-18,21,23-24H,2-3,8-10,19H2,1H3,(H,20,22). The van der Waals surface area contributed by atoms with Crippen molar-refractivity contribution in [2.24, 2.45) is 0 Å². The van der Waals surface area contributed by atoms with Crippen molar-refractivity contribution in [1.29, 1.82) is 0 Å². The van der Waals surface area contributed by atoms with Crippen LogP contribution in [0.4, 0.5) is 5.69 Å². The van der Waals surface area contributed by atoms with Crippen molar-refractivity contribution in [2.45, 2.75) is 50.5 Å². The van der Waals surface area contributed by atoms with E-state index in [0.717, 1.165) is 12.8 Å². The number of aliphatic hydroxyl groups excluding tert-OH is 3. The predicted molar refractivity (Wildman–Crippen MR) is 96.9 cm³/mol. The van der Waals surface area contributed by atoms with Crippen LogP contribution in [0.1, 0.15) is 19.8 Å². The first-order chi connectivity index (χ1) is 13.0. The van der Waals surface area contributed by atoms with E-state index >= 15 is 0 Å². The van der Waals surface area contributed by atoms with E-state index in [9.17, 15) is 20.1 Å². The molecule has 27 heavy (non-hydrogen) atoms. The summed E-state index contributed by atoms with van der Waals surface area (Å²) in [6.07, 6.45) is -4.28. The highest BCUT2D eigenvalue weighted by Crippen LogP contribution is 2.26. The second kappa shape index (κ2) is 10.4. The van der Waals surface area contributed by atoms with Crippen LogP contribution in [0.3, 0.4) is 0 Å². The number of nitrogens with one attached hydrogen (secondary N) is 1. The van der Waals surface area contributed by atoms with Gasteiger partial charge in [-0.05, 0) is 30.7 Å². The van der Waals surface area contributed by atoms with Crippen molar-refractivity contribution in [3.05, 3.63) is 24.3 Å². The maximum atomic E-state index is 11.8. The van der Waals surface area contributed by atoms with Gasteiger partial charge in [-0.25, -0.2) is 0 Å². The molecule has 5 atom stereocenters. The van der Waals surface area contributed by atoms with Gasteiger partial charge in [0.1, 0.15) is 36.8 Å². The molecule has 2 rings (SSSR count). The van der Waals surface area contributed by atoms with Crippen LogP contribution in [-0.2, 0) is 14.3 Å². The van der Waals surface area contributed by atoms with Crippen molar-refractivity contribution in [3.63, 3.8) is 0 Å². The topological polar surface area (TPSA) is 144 Å². The summed E-state index contributed by atoms with van der Waals surface area (Å²) in [5.74, 6) is 0.0308. The van der Waals surface area contributed by atoms with Crippen molar-refractivity contribution in [3.8, 4) is 5.75 Å². The van der Waals surface area contributed by atoms with Gasteiger partial charge in [0.15, 0.2) is 0 Å². The smallest absolute Gasteiger partial charge is 0.246 e. The fourth-order valence-electron chi connectivity index (χ4n) is 2.66. The molecule has 9 heteroatoms. The molecule has 1 aliphatic heterocycles. The average molecular weight is 384 g/mol. The molecule has 5 unspecified atom stereocenters.